The Morgan fingerprint density at radius 1 is 1.37 bits per heavy atom. The molecule has 19 heavy (non-hydrogen) atoms. The van der Waals surface area contributed by atoms with E-state index in [2.05, 4.69) is 5.32 Å². The van der Waals surface area contributed by atoms with E-state index in [-0.39, 0.29) is 24.0 Å². The van der Waals surface area contributed by atoms with Gasteiger partial charge in [-0.1, -0.05) is 30.3 Å². The van der Waals surface area contributed by atoms with Crippen LogP contribution in [0.15, 0.2) is 30.3 Å². The highest BCUT2D eigenvalue weighted by Crippen LogP contribution is 2.47. The number of nitrogens with one attached hydrogen (secondary N) is 1. The Kier molecular flexibility index (Phi) is 4.56. The van der Waals surface area contributed by atoms with Crippen molar-refractivity contribution in [3.8, 4) is 0 Å². The average Bonchev–Trinajstić information content (AvgIpc) is 3.18. The highest BCUT2D eigenvalue weighted by Gasteiger charge is 2.41. The second-order valence-electron chi connectivity index (χ2n) is 5.47. The number of carbonyl (C=O) groups excluding carboxylic acids is 1. The minimum Gasteiger partial charge on any atom is -0.396 e. The van der Waals surface area contributed by atoms with Gasteiger partial charge in [-0.05, 0) is 30.2 Å². The predicted molar refractivity (Wildman–Crippen MR) is 74.4 cm³/mol. The average molecular weight is 262 g/mol. The van der Waals surface area contributed by atoms with Crippen molar-refractivity contribution in [2.24, 2.45) is 11.1 Å². The standard InChI is InChI=1S/C15H22N2O2/c16-13(12-4-2-1-3-5-12)10-14(19)17-11-15(6-7-15)8-9-18/h1-5,13,18H,6-11,16H2,(H,17,19). The number of rotatable bonds is 7. The number of carbonyl (C=O) groups is 1. The van der Waals surface area contributed by atoms with E-state index >= 15 is 0 Å². The van der Waals surface area contributed by atoms with Crippen LogP contribution in [-0.2, 0) is 4.79 Å². The molecule has 0 aliphatic heterocycles. The summed E-state index contributed by atoms with van der Waals surface area (Å²) in [6, 6.07) is 9.40. The molecule has 0 radical (unpaired) electrons. The Morgan fingerprint density at radius 3 is 2.63 bits per heavy atom. The molecule has 104 valence electrons. The summed E-state index contributed by atoms with van der Waals surface area (Å²) < 4.78 is 0. The van der Waals surface area contributed by atoms with Gasteiger partial charge in [0.05, 0.1) is 0 Å². The van der Waals surface area contributed by atoms with E-state index in [0.29, 0.717) is 13.0 Å². The zero-order chi connectivity index (χ0) is 13.7. The van der Waals surface area contributed by atoms with E-state index in [1.807, 2.05) is 30.3 Å². The van der Waals surface area contributed by atoms with Crippen LogP contribution in [0.3, 0.4) is 0 Å². The molecule has 0 saturated heterocycles. The topological polar surface area (TPSA) is 75.4 Å². The van der Waals surface area contributed by atoms with Gasteiger partial charge in [0.2, 0.25) is 5.91 Å². The van der Waals surface area contributed by atoms with Gasteiger partial charge in [-0.2, -0.15) is 0 Å². The van der Waals surface area contributed by atoms with Crippen molar-refractivity contribution in [2.45, 2.75) is 31.7 Å². The zero-order valence-electron chi connectivity index (χ0n) is 11.1. The minimum atomic E-state index is -0.255. The Hall–Kier alpha value is -1.39. The molecule has 0 heterocycles. The molecule has 1 fully saturated rings. The van der Waals surface area contributed by atoms with Crippen LogP contribution in [0.25, 0.3) is 0 Å². The lowest BCUT2D eigenvalue weighted by Crippen LogP contribution is -2.32. The largest absolute Gasteiger partial charge is 0.396 e. The van der Waals surface area contributed by atoms with Gasteiger partial charge in [-0.15, -0.1) is 0 Å². The van der Waals surface area contributed by atoms with Crippen LogP contribution in [0.1, 0.15) is 37.3 Å². The van der Waals surface area contributed by atoms with E-state index in [0.717, 1.165) is 24.8 Å². The Balaban J connectivity index is 1.75. The third-order valence-electron chi connectivity index (χ3n) is 3.89. The molecule has 1 aromatic carbocycles. The summed E-state index contributed by atoms with van der Waals surface area (Å²) >= 11 is 0. The second kappa shape index (κ2) is 6.17. The maximum absolute atomic E-state index is 11.9. The number of amides is 1. The van der Waals surface area contributed by atoms with Crippen molar-refractivity contribution < 1.29 is 9.90 Å². The molecule has 1 saturated carbocycles. The SMILES string of the molecule is NC(CC(=O)NCC1(CCO)CC1)c1ccccc1. The number of hydrogen-bond acceptors (Lipinski definition) is 3. The molecule has 1 aliphatic rings. The lowest BCUT2D eigenvalue weighted by molar-refractivity contribution is -0.121. The van der Waals surface area contributed by atoms with Crippen molar-refractivity contribution in [3.63, 3.8) is 0 Å². The number of aliphatic hydroxyl groups is 1. The molecule has 4 N–H and O–H groups in total. The van der Waals surface area contributed by atoms with Gasteiger partial charge < -0.3 is 16.2 Å². The fourth-order valence-electron chi connectivity index (χ4n) is 2.31. The fourth-order valence-corrected chi connectivity index (χ4v) is 2.31. The third-order valence-corrected chi connectivity index (χ3v) is 3.89. The van der Waals surface area contributed by atoms with Gasteiger partial charge in [0.15, 0.2) is 0 Å². The van der Waals surface area contributed by atoms with Crippen LogP contribution in [-0.4, -0.2) is 24.2 Å². The van der Waals surface area contributed by atoms with Gasteiger partial charge >= 0.3 is 0 Å². The normalized spacial score (nSPS) is 17.8. The smallest absolute Gasteiger partial charge is 0.221 e. The van der Waals surface area contributed by atoms with Gasteiger partial charge in [-0.25, -0.2) is 0 Å². The summed E-state index contributed by atoms with van der Waals surface area (Å²) in [7, 11) is 0. The third kappa shape index (κ3) is 4.04. The molecule has 1 aromatic rings. The van der Waals surface area contributed by atoms with Crippen molar-refractivity contribution >= 4 is 5.91 Å². The van der Waals surface area contributed by atoms with Gasteiger partial charge in [0, 0.05) is 25.6 Å². The molecule has 0 spiro atoms. The molecule has 0 aromatic heterocycles. The molecule has 1 amide bonds. The number of aliphatic hydroxyl groups excluding tert-OH is 1. The first-order valence-corrected chi connectivity index (χ1v) is 6.83. The fraction of sp³-hybridized carbons (Fsp3) is 0.533. The first kappa shape index (κ1) is 14.0. The van der Waals surface area contributed by atoms with Crippen LogP contribution in [0.4, 0.5) is 0 Å². The first-order chi connectivity index (χ1) is 9.15. The van der Waals surface area contributed by atoms with Crippen molar-refractivity contribution in [1.29, 1.82) is 0 Å². The molecule has 4 heteroatoms. The summed E-state index contributed by atoms with van der Waals surface area (Å²) in [6.45, 7) is 0.854. The maximum Gasteiger partial charge on any atom is 0.221 e. The van der Waals surface area contributed by atoms with Gasteiger partial charge in [0.1, 0.15) is 0 Å². The highest BCUT2D eigenvalue weighted by atomic mass is 16.3. The Bertz CT molecular complexity index is 415. The first-order valence-electron chi connectivity index (χ1n) is 6.83. The lowest BCUT2D eigenvalue weighted by atomic mass is 10.0. The second-order valence-corrected chi connectivity index (χ2v) is 5.47. The van der Waals surface area contributed by atoms with E-state index in [1.165, 1.54) is 0 Å². The summed E-state index contributed by atoms with van der Waals surface area (Å²) in [4.78, 5) is 11.9. The summed E-state index contributed by atoms with van der Waals surface area (Å²) in [5.41, 5.74) is 7.14. The minimum absolute atomic E-state index is 0.0134. The Labute approximate surface area is 114 Å². The summed E-state index contributed by atoms with van der Waals surface area (Å²) in [5.74, 6) is -0.0134. The molecule has 2 rings (SSSR count). The van der Waals surface area contributed by atoms with Crippen LogP contribution < -0.4 is 11.1 Å². The van der Waals surface area contributed by atoms with Gasteiger partial charge in [-0.3, -0.25) is 4.79 Å². The Morgan fingerprint density at radius 2 is 2.05 bits per heavy atom. The van der Waals surface area contributed by atoms with Crippen molar-refractivity contribution in [3.05, 3.63) is 35.9 Å². The molecule has 1 unspecified atom stereocenters. The van der Waals surface area contributed by atoms with Crippen LogP contribution in [0.5, 0.6) is 0 Å². The molecule has 1 aliphatic carbocycles. The van der Waals surface area contributed by atoms with Crippen LogP contribution >= 0.6 is 0 Å². The number of hydrogen-bond donors (Lipinski definition) is 3. The van der Waals surface area contributed by atoms with Crippen molar-refractivity contribution in [2.75, 3.05) is 13.2 Å². The molecule has 0 bridgehead atoms. The quantitative estimate of drug-likeness (QED) is 0.694. The molecule has 4 nitrogen and oxygen atoms in total. The van der Waals surface area contributed by atoms with Crippen molar-refractivity contribution in [1.82, 2.24) is 5.32 Å². The number of nitrogens with two attached hydrogens (primary N) is 1. The monoisotopic (exact) mass is 262 g/mol. The van der Waals surface area contributed by atoms with E-state index in [4.69, 9.17) is 10.8 Å². The predicted octanol–water partition coefficient (Wildman–Crippen LogP) is 1.36. The highest BCUT2D eigenvalue weighted by molar-refractivity contribution is 5.76. The summed E-state index contributed by atoms with van der Waals surface area (Å²) in [6.07, 6.45) is 3.27. The number of benzene rings is 1. The van der Waals surface area contributed by atoms with Crippen LogP contribution in [0, 0.1) is 5.41 Å². The lowest BCUT2D eigenvalue weighted by Gasteiger charge is -2.16. The maximum atomic E-state index is 11.9. The van der Waals surface area contributed by atoms with E-state index in [1.54, 1.807) is 0 Å². The molecular weight excluding hydrogens is 240 g/mol. The van der Waals surface area contributed by atoms with E-state index in [9.17, 15) is 4.79 Å². The molecular formula is C15H22N2O2. The molecule has 1 atom stereocenters. The zero-order valence-corrected chi connectivity index (χ0v) is 11.1. The van der Waals surface area contributed by atoms with Crippen LogP contribution in [0.2, 0.25) is 0 Å². The van der Waals surface area contributed by atoms with Gasteiger partial charge in [0.25, 0.3) is 0 Å². The van der Waals surface area contributed by atoms with E-state index < -0.39 is 0 Å². The summed E-state index contributed by atoms with van der Waals surface area (Å²) in [5, 5.41) is 11.9.